The molecule has 0 unspecified atom stereocenters. The predicted octanol–water partition coefficient (Wildman–Crippen LogP) is 3.49. The minimum atomic E-state index is -3.83. The Labute approximate surface area is 127 Å². The SMILES string of the molecule is O=S(=O)(O)CCCCN(c1ccccc1)C1CCCCC1. The number of anilines is 1. The highest BCUT2D eigenvalue weighted by Gasteiger charge is 2.21. The van der Waals surface area contributed by atoms with Gasteiger partial charge in [0.15, 0.2) is 0 Å². The van der Waals surface area contributed by atoms with Crippen molar-refractivity contribution in [2.75, 3.05) is 17.2 Å². The first-order valence-corrected chi connectivity index (χ1v) is 9.44. The molecule has 0 bridgehead atoms. The third-order valence-corrected chi connectivity index (χ3v) is 4.96. The Morgan fingerprint density at radius 3 is 2.33 bits per heavy atom. The van der Waals surface area contributed by atoms with E-state index in [0.717, 1.165) is 13.0 Å². The topological polar surface area (TPSA) is 57.6 Å². The first kappa shape index (κ1) is 16.3. The van der Waals surface area contributed by atoms with Crippen molar-refractivity contribution in [1.29, 1.82) is 0 Å². The second kappa shape index (κ2) is 7.80. The van der Waals surface area contributed by atoms with E-state index < -0.39 is 10.1 Å². The lowest BCUT2D eigenvalue weighted by molar-refractivity contribution is 0.411. The molecule has 118 valence electrons. The molecule has 1 N–H and O–H groups in total. The standard InChI is InChI=1S/C16H25NO3S/c18-21(19,20)14-8-7-13-17(15-9-3-1-4-10-15)16-11-5-2-6-12-16/h1,3-4,9-10,16H,2,5-8,11-14H2,(H,18,19,20). The smallest absolute Gasteiger partial charge is 0.264 e. The first-order chi connectivity index (χ1) is 10.1. The fraction of sp³-hybridized carbons (Fsp3) is 0.625. The molecule has 0 aliphatic heterocycles. The number of nitrogens with zero attached hydrogens (tertiary/aromatic N) is 1. The Hall–Kier alpha value is -1.07. The van der Waals surface area contributed by atoms with Gasteiger partial charge >= 0.3 is 0 Å². The van der Waals surface area contributed by atoms with Crippen LogP contribution >= 0.6 is 0 Å². The molecule has 1 fully saturated rings. The second-order valence-corrected chi connectivity index (χ2v) is 7.39. The number of rotatable bonds is 7. The minimum Gasteiger partial charge on any atom is -0.369 e. The predicted molar refractivity (Wildman–Crippen MR) is 86.3 cm³/mol. The van der Waals surface area contributed by atoms with E-state index in [1.165, 1.54) is 37.8 Å². The summed E-state index contributed by atoms with van der Waals surface area (Å²) in [6.07, 6.45) is 7.60. The molecule has 5 heteroatoms. The van der Waals surface area contributed by atoms with Crippen LogP contribution in [0.2, 0.25) is 0 Å². The van der Waals surface area contributed by atoms with E-state index >= 15 is 0 Å². The third kappa shape index (κ3) is 5.67. The molecular weight excluding hydrogens is 286 g/mol. The van der Waals surface area contributed by atoms with Crippen molar-refractivity contribution in [2.24, 2.45) is 0 Å². The lowest BCUT2D eigenvalue weighted by Gasteiger charge is -2.36. The average Bonchev–Trinajstić information content (AvgIpc) is 2.48. The highest BCUT2D eigenvalue weighted by atomic mass is 32.2. The molecule has 0 saturated heterocycles. The molecule has 2 rings (SSSR count). The summed E-state index contributed by atoms with van der Waals surface area (Å²) >= 11 is 0. The van der Waals surface area contributed by atoms with E-state index in [-0.39, 0.29) is 5.75 Å². The molecule has 1 aliphatic carbocycles. The molecular formula is C16H25NO3S. The van der Waals surface area contributed by atoms with Gasteiger partial charge in [0.1, 0.15) is 0 Å². The molecule has 0 spiro atoms. The van der Waals surface area contributed by atoms with Crippen molar-refractivity contribution in [3.8, 4) is 0 Å². The first-order valence-electron chi connectivity index (χ1n) is 7.83. The van der Waals surface area contributed by atoms with E-state index in [9.17, 15) is 8.42 Å². The molecule has 1 aromatic rings. The fourth-order valence-corrected chi connectivity index (χ4v) is 3.67. The van der Waals surface area contributed by atoms with Gasteiger partial charge in [0, 0.05) is 18.3 Å². The van der Waals surface area contributed by atoms with Gasteiger partial charge in [-0.15, -0.1) is 0 Å². The number of hydrogen-bond donors (Lipinski definition) is 1. The summed E-state index contributed by atoms with van der Waals surface area (Å²) in [6, 6.07) is 10.9. The maximum absolute atomic E-state index is 10.8. The molecule has 1 aliphatic rings. The van der Waals surface area contributed by atoms with Crippen LogP contribution in [0.5, 0.6) is 0 Å². The normalized spacial score (nSPS) is 16.8. The number of unbranched alkanes of at least 4 members (excludes halogenated alkanes) is 1. The van der Waals surface area contributed by atoms with Crippen LogP contribution in [0.1, 0.15) is 44.9 Å². The molecule has 1 saturated carbocycles. The molecule has 4 nitrogen and oxygen atoms in total. The van der Waals surface area contributed by atoms with Gasteiger partial charge in [-0.05, 0) is 37.8 Å². The van der Waals surface area contributed by atoms with Crippen LogP contribution < -0.4 is 4.90 Å². The summed E-state index contributed by atoms with van der Waals surface area (Å²) in [5, 5.41) is 0. The lowest BCUT2D eigenvalue weighted by atomic mass is 9.93. The summed E-state index contributed by atoms with van der Waals surface area (Å²) < 4.78 is 30.4. The molecule has 0 heterocycles. The van der Waals surface area contributed by atoms with Gasteiger partial charge in [-0.2, -0.15) is 8.42 Å². The Morgan fingerprint density at radius 1 is 1.05 bits per heavy atom. The van der Waals surface area contributed by atoms with E-state index in [2.05, 4.69) is 17.0 Å². The molecule has 1 aromatic carbocycles. The van der Waals surface area contributed by atoms with Crippen molar-refractivity contribution >= 4 is 15.8 Å². The van der Waals surface area contributed by atoms with Crippen LogP contribution in [0, 0.1) is 0 Å². The minimum absolute atomic E-state index is 0.139. The number of benzene rings is 1. The largest absolute Gasteiger partial charge is 0.369 e. The lowest BCUT2D eigenvalue weighted by Crippen LogP contribution is -2.37. The van der Waals surface area contributed by atoms with Crippen LogP contribution in [0.3, 0.4) is 0 Å². The Morgan fingerprint density at radius 2 is 1.71 bits per heavy atom. The summed E-state index contributed by atoms with van der Waals surface area (Å²) in [4.78, 5) is 2.42. The van der Waals surface area contributed by atoms with Crippen LogP contribution in [-0.4, -0.2) is 31.3 Å². The van der Waals surface area contributed by atoms with Crippen molar-refractivity contribution in [3.63, 3.8) is 0 Å². The Kier molecular flexibility index (Phi) is 6.06. The molecule has 0 amide bonds. The van der Waals surface area contributed by atoms with Gasteiger partial charge in [0.05, 0.1) is 5.75 Å². The maximum atomic E-state index is 10.8. The highest BCUT2D eigenvalue weighted by Crippen LogP contribution is 2.27. The van der Waals surface area contributed by atoms with Crippen LogP contribution in [0.25, 0.3) is 0 Å². The third-order valence-electron chi connectivity index (χ3n) is 4.15. The average molecular weight is 311 g/mol. The van der Waals surface area contributed by atoms with E-state index in [4.69, 9.17) is 4.55 Å². The van der Waals surface area contributed by atoms with Gasteiger partial charge in [-0.1, -0.05) is 37.5 Å². The van der Waals surface area contributed by atoms with Crippen LogP contribution in [-0.2, 0) is 10.1 Å². The zero-order valence-corrected chi connectivity index (χ0v) is 13.3. The molecule has 21 heavy (non-hydrogen) atoms. The van der Waals surface area contributed by atoms with Crippen molar-refractivity contribution < 1.29 is 13.0 Å². The zero-order chi connectivity index (χ0) is 15.1. The van der Waals surface area contributed by atoms with Gasteiger partial charge < -0.3 is 4.90 Å². The maximum Gasteiger partial charge on any atom is 0.264 e. The summed E-state index contributed by atoms with van der Waals surface area (Å²) in [5.74, 6) is -0.139. The van der Waals surface area contributed by atoms with Gasteiger partial charge in [-0.3, -0.25) is 4.55 Å². The van der Waals surface area contributed by atoms with Gasteiger partial charge in [0.2, 0.25) is 0 Å². The van der Waals surface area contributed by atoms with Gasteiger partial charge in [-0.25, -0.2) is 0 Å². The number of para-hydroxylation sites is 1. The van der Waals surface area contributed by atoms with E-state index in [0.29, 0.717) is 12.5 Å². The molecule has 0 atom stereocenters. The highest BCUT2D eigenvalue weighted by molar-refractivity contribution is 7.85. The molecule has 0 radical (unpaired) electrons. The Balaban J connectivity index is 1.95. The van der Waals surface area contributed by atoms with Crippen molar-refractivity contribution in [2.45, 2.75) is 51.0 Å². The van der Waals surface area contributed by atoms with Crippen LogP contribution in [0.15, 0.2) is 30.3 Å². The van der Waals surface area contributed by atoms with Crippen molar-refractivity contribution in [1.82, 2.24) is 0 Å². The van der Waals surface area contributed by atoms with Crippen LogP contribution in [0.4, 0.5) is 5.69 Å². The summed E-state index contributed by atoms with van der Waals surface area (Å²) in [7, 11) is -3.83. The Bertz CT molecular complexity index is 510. The van der Waals surface area contributed by atoms with Crippen molar-refractivity contribution in [3.05, 3.63) is 30.3 Å². The second-order valence-electron chi connectivity index (χ2n) is 5.81. The zero-order valence-electron chi connectivity index (χ0n) is 12.4. The summed E-state index contributed by atoms with van der Waals surface area (Å²) in [5.41, 5.74) is 1.22. The summed E-state index contributed by atoms with van der Waals surface area (Å²) in [6.45, 7) is 0.851. The monoisotopic (exact) mass is 311 g/mol. The quantitative estimate of drug-likeness (QED) is 0.618. The molecule has 0 aromatic heterocycles. The van der Waals surface area contributed by atoms with Gasteiger partial charge in [0.25, 0.3) is 10.1 Å². The fourth-order valence-electron chi connectivity index (χ4n) is 3.10. The number of hydrogen-bond acceptors (Lipinski definition) is 3. The van der Waals surface area contributed by atoms with E-state index in [1.54, 1.807) is 0 Å². The van der Waals surface area contributed by atoms with E-state index in [1.807, 2.05) is 18.2 Å².